The molecule has 3 rings (SSSR count). The summed E-state index contributed by atoms with van der Waals surface area (Å²) in [6.07, 6.45) is 3.50. The molecule has 144 valence electrons. The third-order valence-electron chi connectivity index (χ3n) is 4.30. The summed E-state index contributed by atoms with van der Waals surface area (Å²) in [7, 11) is 1.62. The minimum atomic E-state index is -0.255. The summed E-state index contributed by atoms with van der Waals surface area (Å²) < 4.78 is 19.7. The van der Waals surface area contributed by atoms with Gasteiger partial charge in [0.25, 0.3) is 0 Å². The molecule has 2 aromatic carbocycles. The zero-order valence-corrected chi connectivity index (χ0v) is 16.7. The molecule has 0 bridgehead atoms. The first-order valence-corrected chi connectivity index (χ1v) is 9.30. The predicted molar refractivity (Wildman–Crippen MR) is 114 cm³/mol. The Labute approximate surface area is 170 Å². The molecule has 4 nitrogen and oxygen atoms in total. The molecule has 3 aromatic rings. The Kier molecular flexibility index (Phi) is 6.55. The van der Waals surface area contributed by atoms with Gasteiger partial charge in [0.05, 0.1) is 12.8 Å². The van der Waals surface area contributed by atoms with E-state index in [1.165, 1.54) is 6.07 Å². The van der Waals surface area contributed by atoms with Crippen LogP contribution in [0.5, 0.6) is 5.75 Å². The van der Waals surface area contributed by atoms with Crippen LogP contribution >= 0.6 is 12.2 Å². The number of methoxy groups -OCH3 is 1. The van der Waals surface area contributed by atoms with Crippen LogP contribution in [0.3, 0.4) is 0 Å². The first-order chi connectivity index (χ1) is 13.6. The molecule has 1 N–H and O–H groups in total. The fraction of sp³-hybridized carbons (Fsp3) is 0.182. The monoisotopic (exact) mass is 395 g/mol. The number of pyridine rings is 1. The number of anilines is 1. The van der Waals surface area contributed by atoms with E-state index in [2.05, 4.69) is 10.3 Å². The molecule has 6 heteroatoms. The van der Waals surface area contributed by atoms with E-state index in [1.807, 2.05) is 48.2 Å². The van der Waals surface area contributed by atoms with Gasteiger partial charge in [0.2, 0.25) is 0 Å². The zero-order chi connectivity index (χ0) is 19.9. The topological polar surface area (TPSA) is 37.4 Å². The molecule has 0 saturated heterocycles. The Morgan fingerprint density at radius 1 is 1.14 bits per heavy atom. The highest BCUT2D eigenvalue weighted by Crippen LogP contribution is 2.26. The molecule has 0 unspecified atom stereocenters. The number of hydrogen-bond acceptors (Lipinski definition) is 3. The second-order valence-corrected chi connectivity index (χ2v) is 6.83. The van der Waals surface area contributed by atoms with Crippen molar-refractivity contribution in [3.63, 3.8) is 0 Å². The molecule has 0 aliphatic rings. The van der Waals surface area contributed by atoms with Crippen molar-refractivity contribution in [2.24, 2.45) is 0 Å². The fourth-order valence-electron chi connectivity index (χ4n) is 2.86. The van der Waals surface area contributed by atoms with Gasteiger partial charge in [-0.05, 0) is 54.5 Å². The van der Waals surface area contributed by atoms with Crippen LogP contribution in [0.1, 0.15) is 16.7 Å². The number of aryl methyl sites for hydroxylation is 1. The molecule has 1 aromatic heterocycles. The molecule has 0 fully saturated rings. The number of aromatic nitrogens is 1. The second-order valence-electron chi connectivity index (χ2n) is 6.44. The van der Waals surface area contributed by atoms with Gasteiger partial charge in [0.15, 0.2) is 5.11 Å². The van der Waals surface area contributed by atoms with Crippen LogP contribution in [0.2, 0.25) is 0 Å². The fourth-order valence-corrected chi connectivity index (χ4v) is 3.10. The van der Waals surface area contributed by atoms with E-state index in [-0.39, 0.29) is 5.82 Å². The summed E-state index contributed by atoms with van der Waals surface area (Å²) in [6, 6.07) is 16.4. The van der Waals surface area contributed by atoms with Gasteiger partial charge in [-0.1, -0.05) is 30.3 Å². The molecule has 0 saturated carbocycles. The lowest BCUT2D eigenvalue weighted by Crippen LogP contribution is -2.34. The molecule has 28 heavy (non-hydrogen) atoms. The van der Waals surface area contributed by atoms with Crippen LogP contribution in [0.4, 0.5) is 10.1 Å². The Balaban J connectivity index is 1.86. The highest BCUT2D eigenvalue weighted by atomic mass is 32.1. The summed E-state index contributed by atoms with van der Waals surface area (Å²) in [5, 5.41) is 3.73. The maximum absolute atomic E-state index is 14.2. The molecular formula is C22H22FN3OS. The van der Waals surface area contributed by atoms with Crippen LogP contribution in [0.25, 0.3) is 0 Å². The minimum absolute atomic E-state index is 0.255. The van der Waals surface area contributed by atoms with Crippen LogP contribution in [-0.2, 0) is 13.1 Å². The van der Waals surface area contributed by atoms with Gasteiger partial charge in [-0.15, -0.1) is 0 Å². The lowest BCUT2D eigenvalue weighted by molar-refractivity contribution is 0.400. The third kappa shape index (κ3) is 5.04. The number of halogens is 1. The molecule has 0 aliphatic heterocycles. The van der Waals surface area contributed by atoms with Gasteiger partial charge in [0.1, 0.15) is 11.6 Å². The van der Waals surface area contributed by atoms with E-state index < -0.39 is 0 Å². The molecule has 0 aliphatic carbocycles. The number of benzene rings is 2. The standard InChI is InChI=1S/C22H22FN3OS/c1-16-9-10-21(27-2)20(12-16)25-22(28)26(14-17-6-5-11-24-13-17)15-18-7-3-4-8-19(18)23/h3-13H,14-15H2,1-2H3,(H,25,28). The first-order valence-electron chi connectivity index (χ1n) is 8.89. The normalized spacial score (nSPS) is 10.4. The highest BCUT2D eigenvalue weighted by Gasteiger charge is 2.15. The molecule has 1 heterocycles. The number of nitrogens with zero attached hydrogens (tertiary/aromatic N) is 2. The smallest absolute Gasteiger partial charge is 0.174 e. The van der Waals surface area contributed by atoms with Crippen LogP contribution in [0.15, 0.2) is 67.0 Å². The van der Waals surface area contributed by atoms with E-state index >= 15 is 0 Å². The quantitative estimate of drug-likeness (QED) is 0.599. The maximum Gasteiger partial charge on any atom is 0.174 e. The van der Waals surface area contributed by atoms with Crippen molar-refractivity contribution in [1.82, 2.24) is 9.88 Å². The number of nitrogens with one attached hydrogen (secondary N) is 1. The first kappa shape index (κ1) is 19.8. The summed E-state index contributed by atoms with van der Waals surface area (Å²) in [6.45, 7) is 2.84. The van der Waals surface area contributed by atoms with E-state index in [1.54, 1.807) is 31.6 Å². The second kappa shape index (κ2) is 9.28. The Hall–Kier alpha value is -2.99. The van der Waals surface area contributed by atoms with Gasteiger partial charge >= 0.3 is 0 Å². The molecule has 0 amide bonds. The lowest BCUT2D eigenvalue weighted by Gasteiger charge is -2.27. The minimum Gasteiger partial charge on any atom is -0.495 e. The number of hydrogen-bond donors (Lipinski definition) is 1. The average Bonchev–Trinajstić information content (AvgIpc) is 2.70. The van der Waals surface area contributed by atoms with Crippen LogP contribution < -0.4 is 10.1 Å². The van der Waals surface area contributed by atoms with Crippen molar-refractivity contribution in [1.29, 1.82) is 0 Å². The SMILES string of the molecule is COc1ccc(C)cc1NC(=S)N(Cc1cccnc1)Cc1ccccc1F. The van der Waals surface area contributed by atoms with Crippen LogP contribution in [-0.4, -0.2) is 22.1 Å². The van der Waals surface area contributed by atoms with Gasteiger partial charge in [0, 0.05) is 31.0 Å². The van der Waals surface area contributed by atoms with E-state index in [4.69, 9.17) is 17.0 Å². The highest BCUT2D eigenvalue weighted by molar-refractivity contribution is 7.80. The lowest BCUT2D eigenvalue weighted by atomic mass is 10.2. The zero-order valence-electron chi connectivity index (χ0n) is 15.9. The Bertz CT molecular complexity index is 950. The largest absolute Gasteiger partial charge is 0.495 e. The van der Waals surface area contributed by atoms with E-state index in [9.17, 15) is 4.39 Å². The predicted octanol–water partition coefficient (Wildman–Crippen LogP) is 4.94. The van der Waals surface area contributed by atoms with Crippen LogP contribution in [0, 0.1) is 12.7 Å². The number of rotatable bonds is 6. The Morgan fingerprint density at radius 3 is 2.68 bits per heavy atom. The Morgan fingerprint density at radius 2 is 1.96 bits per heavy atom. The summed E-state index contributed by atoms with van der Waals surface area (Å²) in [5.74, 6) is 0.440. The van der Waals surface area contributed by atoms with E-state index in [0.717, 1.165) is 16.8 Å². The third-order valence-corrected chi connectivity index (χ3v) is 4.66. The summed E-state index contributed by atoms with van der Waals surface area (Å²) >= 11 is 5.67. The number of thiocarbonyl (C=S) groups is 1. The van der Waals surface area contributed by atoms with Crippen molar-refractivity contribution < 1.29 is 9.13 Å². The molecular weight excluding hydrogens is 373 g/mol. The summed E-state index contributed by atoms with van der Waals surface area (Å²) in [4.78, 5) is 6.07. The maximum atomic E-state index is 14.2. The van der Waals surface area contributed by atoms with Crippen molar-refractivity contribution in [2.45, 2.75) is 20.0 Å². The van der Waals surface area contributed by atoms with Gasteiger partial charge in [-0.2, -0.15) is 0 Å². The number of ether oxygens (including phenoxy) is 1. The van der Waals surface area contributed by atoms with Gasteiger partial charge in [-0.25, -0.2) is 4.39 Å². The van der Waals surface area contributed by atoms with Crippen molar-refractivity contribution in [2.75, 3.05) is 12.4 Å². The van der Waals surface area contributed by atoms with Gasteiger partial charge in [-0.3, -0.25) is 4.98 Å². The molecule has 0 radical (unpaired) electrons. The molecule has 0 atom stereocenters. The van der Waals surface area contributed by atoms with Crippen molar-refractivity contribution in [3.8, 4) is 5.75 Å². The average molecular weight is 396 g/mol. The molecule has 0 spiro atoms. The van der Waals surface area contributed by atoms with Crippen molar-refractivity contribution >= 4 is 23.0 Å². The van der Waals surface area contributed by atoms with Crippen molar-refractivity contribution in [3.05, 3.63) is 89.5 Å². The van der Waals surface area contributed by atoms with E-state index in [0.29, 0.717) is 29.5 Å². The summed E-state index contributed by atoms with van der Waals surface area (Å²) in [5.41, 5.74) is 3.42. The van der Waals surface area contributed by atoms with Gasteiger partial charge < -0.3 is 15.0 Å².